The summed E-state index contributed by atoms with van der Waals surface area (Å²) in [5.41, 5.74) is 3.44. The Balaban J connectivity index is 2.05. The van der Waals surface area contributed by atoms with Gasteiger partial charge in [0.05, 0.1) is 16.3 Å². The molecular formula is C12H8Cl2FN3. The minimum absolute atomic E-state index is 0.289. The van der Waals surface area contributed by atoms with Crippen molar-refractivity contribution in [3.05, 3.63) is 58.0 Å². The van der Waals surface area contributed by atoms with E-state index in [1.54, 1.807) is 18.2 Å². The van der Waals surface area contributed by atoms with E-state index in [4.69, 9.17) is 23.2 Å². The molecule has 0 radical (unpaired) electrons. The summed E-state index contributed by atoms with van der Waals surface area (Å²) in [6, 6.07) is 7.49. The maximum atomic E-state index is 12.7. The van der Waals surface area contributed by atoms with Gasteiger partial charge in [0, 0.05) is 6.20 Å². The third-order valence-corrected chi connectivity index (χ3v) is 2.56. The highest BCUT2D eigenvalue weighted by molar-refractivity contribution is 6.35. The normalized spacial score (nSPS) is 10.8. The van der Waals surface area contributed by atoms with Crippen molar-refractivity contribution in [1.29, 1.82) is 0 Å². The number of nitrogens with one attached hydrogen (secondary N) is 1. The number of halogens is 3. The Morgan fingerprint density at radius 3 is 2.61 bits per heavy atom. The first-order valence-corrected chi connectivity index (χ1v) is 5.76. The summed E-state index contributed by atoms with van der Waals surface area (Å²) >= 11 is 11.6. The molecule has 0 bridgehead atoms. The fourth-order valence-corrected chi connectivity index (χ4v) is 1.64. The molecule has 3 nitrogen and oxygen atoms in total. The molecule has 2 aromatic rings. The first-order valence-electron chi connectivity index (χ1n) is 5.01. The predicted octanol–water partition coefficient (Wildman–Crippen LogP) is 3.97. The Bertz CT molecular complexity index is 570. The Morgan fingerprint density at radius 1 is 1.22 bits per heavy atom. The smallest absolute Gasteiger partial charge is 0.165 e. The zero-order valence-corrected chi connectivity index (χ0v) is 10.6. The summed E-state index contributed by atoms with van der Waals surface area (Å²) < 4.78 is 12.7. The molecule has 18 heavy (non-hydrogen) atoms. The predicted molar refractivity (Wildman–Crippen MR) is 71.9 cm³/mol. The first kappa shape index (κ1) is 12.8. The molecule has 0 saturated carbocycles. The van der Waals surface area contributed by atoms with Crippen LogP contribution in [0.2, 0.25) is 10.0 Å². The molecule has 0 amide bonds. The van der Waals surface area contributed by atoms with E-state index in [1.165, 1.54) is 24.5 Å². The molecule has 0 spiro atoms. The van der Waals surface area contributed by atoms with Crippen molar-refractivity contribution in [3.63, 3.8) is 0 Å². The third kappa shape index (κ3) is 3.42. The maximum Gasteiger partial charge on any atom is 0.165 e. The highest BCUT2D eigenvalue weighted by atomic mass is 35.5. The molecule has 1 N–H and O–H groups in total. The molecule has 6 heteroatoms. The standard InChI is InChI=1S/C12H8Cl2FN3/c13-9-5-11(14)12(16-7-9)18-17-6-8-1-3-10(15)4-2-8/h1-7H,(H,16,18)/b17-6-. The Kier molecular flexibility index (Phi) is 4.12. The van der Waals surface area contributed by atoms with Gasteiger partial charge < -0.3 is 0 Å². The van der Waals surface area contributed by atoms with Crippen molar-refractivity contribution in [2.24, 2.45) is 5.10 Å². The van der Waals surface area contributed by atoms with Gasteiger partial charge in [-0.2, -0.15) is 5.10 Å². The van der Waals surface area contributed by atoms with Gasteiger partial charge in [-0.1, -0.05) is 35.3 Å². The highest BCUT2D eigenvalue weighted by Gasteiger charge is 2.00. The molecule has 0 aliphatic rings. The lowest BCUT2D eigenvalue weighted by atomic mass is 10.2. The maximum absolute atomic E-state index is 12.7. The summed E-state index contributed by atoms with van der Waals surface area (Å²) in [7, 11) is 0. The van der Waals surface area contributed by atoms with Crippen LogP contribution in [0.25, 0.3) is 0 Å². The summed E-state index contributed by atoms with van der Waals surface area (Å²) in [6.07, 6.45) is 3.00. The molecule has 0 unspecified atom stereocenters. The second-order valence-electron chi connectivity index (χ2n) is 3.41. The number of pyridine rings is 1. The van der Waals surface area contributed by atoms with E-state index in [1.807, 2.05) is 0 Å². The van der Waals surface area contributed by atoms with Gasteiger partial charge in [-0.25, -0.2) is 9.37 Å². The lowest BCUT2D eigenvalue weighted by Gasteiger charge is -2.01. The lowest BCUT2D eigenvalue weighted by molar-refractivity contribution is 0.628. The van der Waals surface area contributed by atoms with Gasteiger partial charge in [0.1, 0.15) is 5.82 Å². The quantitative estimate of drug-likeness (QED) is 0.684. The van der Waals surface area contributed by atoms with Gasteiger partial charge in [0.15, 0.2) is 5.82 Å². The second-order valence-corrected chi connectivity index (χ2v) is 4.25. The Hall–Kier alpha value is -1.65. The Labute approximate surface area is 113 Å². The number of anilines is 1. The van der Waals surface area contributed by atoms with Crippen LogP contribution >= 0.6 is 23.2 Å². The fraction of sp³-hybridized carbons (Fsp3) is 0. The van der Waals surface area contributed by atoms with Crippen LogP contribution in [-0.2, 0) is 0 Å². The van der Waals surface area contributed by atoms with Crippen molar-refractivity contribution in [3.8, 4) is 0 Å². The van der Waals surface area contributed by atoms with Crippen LogP contribution in [0.1, 0.15) is 5.56 Å². The number of hydrogen-bond donors (Lipinski definition) is 1. The SMILES string of the molecule is Fc1ccc(/C=N\Nc2ncc(Cl)cc2Cl)cc1. The number of benzene rings is 1. The van der Waals surface area contributed by atoms with Crippen LogP contribution in [0, 0.1) is 5.82 Å². The number of nitrogens with zero attached hydrogens (tertiary/aromatic N) is 2. The van der Waals surface area contributed by atoms with Gasteiger partial charge in [-0.3, -0.25) is 5.43 Å². The van der Waals surface area contributed by atoms with Gasteiger partial charge in [-0.05, 0) is 23.8 Å². The minimum atomic E-state index is -0.289. The number of aromatic nitrogens is 1. The average molecular weight is 284 g/mol. The minimum Gasteiger partial charge on any atom is -0.260 e. The van der Waals surface area contributed by atoms with E-state index in [0.717, 1.165) is 5.56 Å². The van der Waals surface area contributed by atoms with Crippen molar-refractivity contribution < 1.29 is 4.39 Å². The van der Waals surface area contributed by atoms with Crippen LogP contribution in [0.3, 0.4) is 0 Å². The van der Waals surface area contributed by atoms with Crippen molar-refractivity contribution in [1.82, 2.24) is 4.98 Å². The fourth-order valence-electron chi connectivity index (χ4n) is 1.21. The molecule has 0 saturated heterocycles. The molecule has 92 valence electrons. The molecule has 2 rings (SSSR count). The summed E-state index contributed by atoms with van der Waals surface area (Å²) in [4.78, 5) is 3.97. The number of hydrogen-bond acceptors (Lipinski definition) is 3. The van der Waals surface area contributed by atoms with Gasteiger partial charge >= 0.3 is 0 Å². The highest BCUT2D eigenvalue weighted by Crippen LogP contribution is 2.22. The van der Waals surface area contributed by atoms with E-state index in [9.17, 15) is 4.39 Å². The van der Waals surface area contributed by atoms with Gasteiger partial charge in [0.2, 0.25) is 0 Å². The monoisotopic (exact) mass is 283 g/mol. The zero-order chi connectivity index (χ0) is 13.0. The number of rotatable bonds is 3. The summed E-state index contributed by atoms with van der Waals surface area (Å²) in [5.74, 6) is 0.113. The lowest BCUT2D eigenvalue weighted by Crippen LogP contribution is -1.94. The van der Waals surface area contributed by atoms with Gasteiger partial charge in [0.25, 0.3) is 0 Å². The molecule has 1 aromatic carbocycles. The van der Waals surface area contributed by atoms with E-state index in [2.05, 4.69) is 15.5 Å². The summed E-state index contributed by atoms with van der Waals surface area (Å²) in [5, 5.41) is 4.77. The molecular weight excluding hydrogens is 276 g/mol. The van der Waals surface area contributed by atoms with Crippen molar-refractivity contribution in [2.75, 3.05) is 5.43 Å². The molecule has 1 aromatic heterocycles. The van der Waals surface area contributed by atoms with E-state index in [0.29, 0.717) is 15.9 Å². The van der Waals surface area contributed by atoms with Crippen LogP contribution in [0.15, 0.2) is 41.6 Å². The molecule has 0 aliphatic carbocycles. The molecule has 0 atom stereocenters. The van der Waals surface area contributed by atoms with Crippen LogP contribution in [0.4, 0.5) is 10.2 Å². The second kappa shape index (κ2) is 5.80. The average Bonchev–Trinajstić information content (AvgIpc) is 2.34. The topological polar surface area (TPSA) is 37.3 Å². The van der Waals surface area contributed by atoms with Gasteiger partial charge in [-0.15, -0.1) is 0 Å². The molecule has 1 heterocycles. The van der Waals surface area contributed by atoms with Crippen molar-refractivity contribution >= 4 is 35.2 Å². The zero-order valence-electron chi connectivity index (χ0n) is 9.07. The van der Waals surface area contributed by atoms with E-state index < -0.39 is 0 Å². The molecule has 0 fully saturated rings. The largest absolute Gasteiger partial charge is 0.260 e. The van der Waals surface area contributed by atoms with E-state index >= 15 is 0 Å². The van der Waals surface area contributed by atoms with E-state index in [-0.39, 0.29) is 5.82 Å². The first-order chi connectivity index (χ1) is 8.65. The summed E-state index contributed by atoms with van der Waals surface area (Å²) in [6.45, 7) is 0. The molecule has 0 aliphatic heterocycles. The van der Waals surface area contributed by atoms with Crippen LogP contribution in [-0.4, -0.2) is 11.2 Å². The number of hydrazone groups is 1. The Morgan fingerprint density at radius 2 is 1.94 bits per heavy atom. The van der Waals surface area contributed by atoms with Crippen LogP contribution < -0.4 is 5.43 Å². The van der Waals surface area contributed by atoms with Crippen LogP contribution in [0.5, 0.6) is 0 Å². The third-order valence-electron chi connectivity index (χ3n) is 2.06. The van der Waals surface area contributed by atoms with Crippen molar-refractivity contribution in [2.45, 2.75) is 0 Å².